The van der Waals surface area contributed by atoms with Gasteiger partial charge < -0.3 is 5.11 Å². The van der Waals surface area contributed by atoms with Crippen LogP contribution in [0.5, 0.6) is 0 Å². The predicted octanol–water partition coefficient (Wildman–Crippen LogP) is 1.50. The van der Waals surface area contributed by atoms with Gasteiger partial charge in [-0.25, -0.2) is 9.59 Å². The van der Waals surface area contributed by atoms with E-state index in [-0.39, 0.29) is 16.5 Å². The van der Waals surface area contributed by atoms with Gasteiger partial charge in [-0.15, -0.1) is 11.3 Å². The van der Waals surface area contributed by atoms with Crippen molar-refractivity contribution in [1.29, 1.82) is 0 Å². The van der Waals surface area contributed by atoms with Gasteiger partial charge in [0.2, 0.25) is 0 Å². The van der Waals surface area contributed by atoms with Crippen LogP contribution in [-0.2, 0) is 0 Å². The predicted molar refractivity (Wildman–Crippen MR) is 72.5 cm³/mol. The van der Waals surface area contributed by atoms with Crippen molar-refractivity contribution >= 4 is 22.1 Å². The maximum absolute atomic E-state index is 12.3. The molecule has 2 aromatic heterocycles. The van der Waals surface area contributed by atoms with E-state index in [4.69, 9.17) is 5.11 Å². The Hall–Kier alpha value is -1.89. The van der Waals surface area contributed by atoms with Crippen molar-refractivity contribution in [2.24, 2.45) is 0 Å². The third-order valence-corrected chi connectivity index (χ3v) is 4.38. The number of aromatic nitrogens is 2. The summed E-state index contributed by atoms with van der Waals surface area (Å²) in [6, 6.07) is -0.219. The van der Waals surface area contributed by atoms with Crippen LogP contribution in [0, 0.1) is 6.92 Å². The molecule has 0 saturated heterocycles. The van der Waals surface area contributed by atoms with E-state index in [0.29, 0.717) is 16.8 Å². The van der Waals surface area contributed by atoms with Crippen molar-refractivity contribution in [3.05, 3.63) is 37.5 Å². The van der Waals surface area contributed by atoms with Crippen LogP contribution in [0.4, 0.5) is 0 Å². The van der Waals surface area contributed by atoms with Gasteiger partial charge in [0.05, 0.1) is 0 Å². The Morgan fingerprint density at radius 3 is 2.63 bits per heavy atom. The number of aryl methyl sites for hydroxylation is 1. The molecule has 2 aromatic rings. The van der Waals surface area contributed by atoms with E-state index in [1.165, 1.54) is 15.2 Å². The quantitative estimate of drug-likeness (QED) is 0.925. The van der Waals surface area contributed by atoms with E-state index in [1.54, 1.807) is 13.8 Å². The minimum Gasteiger partial charge on any atom is -0.477 e. The number of thiazole rings is 1. The second kappa shape index (κ2) is 4.65. The van der Waals surface area contributed by atoms with Crippen LogP contribution in [0.15, 0.2) is 15.8 Å². The lowest BCUT2D eigenvalue weighted by Gasteiger charge is -2.12. The molecule has 1 atom stereocenters. The third kappa shape index (κ3) is 1.99. The molecule has 1 unspecified atom stereocenters. The molecule has 1 N–H and O–H groups in total. The van der Waals surface area contributed by atoms with Crippen molar-refractivity contribution in [3.63, 3.8) is 0 Å². The van der Waals surface area contributed by atoms with Gasteiger partial charge in [0.15, 0.2) is 0 Å². The summed E-state index contributed by atoms with van der Waals surface area (Å²) < 4.78 is 2.43. The summed E-state index contributed by atoms with van der Waals surface area (Å²) in [4.78, 5) is 35.9. The molecule has 0 aliphatic heterocycles. The SMILES string of the molecule is CCC(C)n1c(=O)c(C)c2sc(C(=O)O)cn2c1=O. The Kier molecular flexibility index (Phi) is 3.32. The van der Waals surface area contributed by atoms with E-state index >= 15 is 0 Å². The molecule has 2 heterocycles. The maximum Gasteiger partial charge on any atom is 0.347 e. The molecular weight excluding hydrogens is 268 g/mol. The normalized spacial score (nSPS) is 12.8. The number of aromatic carboxylic acids is 1. The number of hydrogen-bond donors (Lipinski definition) is 1. The van der Waals surface area contributed by atoms with Gasteiger partial charge in [-0.1, -0.05) is 6.92 Å². The lowest BCUT2D eigenvalue weighted by Crippen LogP contribution is -2.39. The minimum atomic E-state index is -1.10. The molecule has 0 aliphatic rings. The minimum absolute atomic E-state index is 0.0431. The number of nitrogens with zero attached hydrogens (tertiary/aromatic N) is 2. The maximum atomic E-state index is 12.3. The van der Waals surface area contributed by atoms with Gasteiger partial charge in [0.25, 0.3) is 5.56 Å². The first-order valence-electron chi connectivity index (χ1n) is 5.89. The standard InChI is InChI=1S/C12H14N2O4S/c1-4-6(2)14-9(15)7(3)10-13(12(14)18)5-8(19-10)11(16)17/h5-6H,4H2,1-3H3,(H,16,17). The number of carbonyl (C=O) groups is 1. The molecule has 0 spiro atoms. The average molecular weight is 282 g/mol. The van der Waals surface area contributed by atoms with Crippen LogP contribution in [0.25, 0.3) is 4.83 Å². The second-order valence-corrected chi connectivity index (χ2v) is 5.45. The summed E-state index contributed by atoms with van der Waals surface area (Å²) in [5.41, 5.74) is -0.431. The van der Waals surface area contributed by atoms with Crippen LogP contribution in [0.3, 0.4) is 0 Å². The van der Waals surface area contributed by atoms with Gasteiger partial charge >= 0.3 is 11.7 Å². The number of rotatable bonds is 3. The van der Waals surface area contributed by atoms with Crippen molar-refractivity contribution in [2.75, 3.05) is 0 Å². The Bertz CT molecular complexity index is 768. The smallest absolute Gasteiger partial charge is 0.347 e. The van der Waals surface area contributed by atoms with E-state index < -0.39 is 11.7 Å². The number of carboxylic acids is 1. The number of fused-ring (bicyclic) bond motifs is 1. The summed E-state index contributed by atoms with van der Waals surface area (Å²) >= 11 is 0.938. The zero-order chi connectivity index (χ0) is 14.3. The first-order chi connectivity index (χ1) is 8.88. The highest BCUT2D eigenvalue weighted by molar-refractivity contribution is 7.19. The zero-order valence-corrected chi connectivity index (χ0v) is 11.7. The van der Waals surface area contributed by atoms with Crippen LogP contribution in [0.1, 0.15) is 41.5 Å². The summed E-state index contributed by atoms with van der Waals surface area (Å²) in [5.74, 6) is -1.10. The van der Waals surface area contributed by atoms with Crippen LogP contribution >= 0.6 is 11.3 Å². The first-order valence-corrected chi connectivity index (χ1v) is 6.70. The van der Waals surface area contributed by atoms with Gasteiger partial charge in [-0.05, 0) is 20.3 Å². The molecule has 0 amide bonds. The molecule has 2 rings (SSSR count). The molecule has 19 heavy (non-hydrogen) atoms. The third-order valence-electron chi connectivity index (χ3n) is 3.19. The van der Waals surface area contributed by atoms with Crippen molar-refractivity contribution < 1.29 is 9.90 Å². The molecule has 0 fully saturated rings. The highest BCUT2D eigenvalue weighted by Crippen LogP contribution is 2.18. The topological polar surface area (TPSA) is 80.8 Å². The van der Waals surface area contributed by atoms with Crippen LogP contribution in [0.2, 0.25) is 0 Å². The van der Waals surface area contributed by atoms with Crippen molar-refractivity contribution in [3.8, 4) is 0 Å². The van der Waals surface area contributed by atoms with Crippen molar-refractivity contribution in [2.45, 2.75) is 33.2 Å². The lowest BCUT2D eigenvalue weighted by atomic mass is 10.2. The van der Waals surface area contributed by atoms with Gasteiger partial charge in [-0.3, -0.25) is 13.8 Å². The molecule has 7 heteroatoms. The molecule has 0 radical (unpaired) electrons. The molecule has 0 aromatic carbocycles. The molecule has 102 valence electrons. The Labute approximate surface area is 112 Å². The zero-order valence-electron chi connectivity index (χ0n) is 10.8. The van der Waals surface area contributed by atoms with E-state index in [9.17, 15) is 14.4 Å². The number of hydrogen-bond acceptors (Lipinski definition) is 4. The molecule has 0 bridgehead atoms. The summed E-state index contributed by atoms with van der Waals surface area (Å²) in [5, 5.41) is 8.97. The average Bonchev–Trinajstić information content (AvgIpc) is 2.81. The van der Waals surface area contributed by atoms with Crippen LogP contribution < -0.4 is 11.2 Å². The molecule has 0 aliphatic carbocycles. The summed E-state index contributed by atoms with van der Waals surface area (Å²) in [6.45, 7) is 5.29. The Morgan fingerprint density at radius 2 is 2.11 bits per heavy atom. The van der Waals surface area contributed by atoms with Gasteiger partial charge in [0, 0.05) is 17.8 Å². The molecule has 6 nitrogen and oxygen atoms in total. The fourth-order valence-electron chi connectivity index (χ4n) is 1.90. The van der Waals surface area contributed by atoms with Gasteiger partial charge in [-0.2, -0.15) is 0 Å². The lowest BCUT2D eigenvalue weighted by molar-refractivity contribution is 0.0701. The van der Waals surface area contributed by atoms with Crippen LogP contribution in [-0.4, -0.2) is 20.0 Å². The first kappa shape index (κ1) is 13.5. The fraction of sp³-hybridized carbons (Fsp3) is 0.417. The Morgan fingerprint density at radius 1 is 1.47 bits per heavy atom. The summed E-state index contributed by atoms with van der Waals surface area (Å²) in [6.07, 6.45) is 1.92. The van der Waals surface area contributed by atoms with E-state index in [1.807, 2.05) is 6.92 Å². The molecule has 0 saturated carbocycles. The highest BCUT2D eigenvalue weighted by Gasteiger charge is 2.18. The van der Waals surface area contributed by atoms with E-state index in [0.717, 1.165) is 11.3 Å². The molecular formula is C12H14N2O4S. The van der Waals surface area contributed by atoms with Gasteiger partial charge in [0.1, 0.15) is 9.71 Å². The largest absolute Gasteiger partial charge is 0.477 e. The fourth-order valence-corrected chi connectivity index (χ4v) is 2.82. The van der Waals surface area contributed by atoms with Crippen molar-refractivity contribution in [1.82, 2.24) is 8.97 Å². The Balaban J connectivity index is 2.92. The second-order valence-electron chi connectivity index (χ2n) is 4.42. The van der Waals surface area contributed by atoms with E-state index in [2.05, 4.69) is 0 Å². The summed E-state index contributed by atoms with van der Waals surface area (Å²) in [7, 11) is 0. The highest BCUT2D eigenvalue weighted by atomic mass is 32.1. The monoisotopic (exact) mass is 282 g/mol. The number of carboxylic acid groups (broad SMARTS) is 1.